The van der Waals surface area contributed by atoms with E-state index in [2.05, 4.69) is 37.6 Å². The number of nitrogens with zero attached hydrogens (tertiary/aromatic N) is 4. The van der Waals surface area contributed by atoms with Gasteiger partial charge in [-0.25, -0.2) is 24.1 Å². The van der Waals surface area contributed by atoms with E-state index in [0.717, 1.165) is 50.2 Å². The summed E-state index contributed by atoms with van der Waals surface area (Å²) in [4.78, 5) is 26.0. The summed E-state index contributed by atoms with van der Waals surface area (Å²) in [6, 6.07) is 8.76. The van der Waals surface area contributed by atoms with Crippen LogP contribution in [0, 0.1) is 5.82 Å². The summed E-state index contributed by atoms with van der Waals surface area (Å²) in [5.41, 5.74) is 1.23. The molecule has 3 heterocycles. The van der Waals surface area contributed by atoms with Crippen LogP contribution in [0.15, 0.2) is 48.8 Å². The third kappa shape index (κ3) is 9.54. The lowest BCUT2D eigenvalue weighted by Gasteiger charge is -2.24. The van der Waals surface area contributed by atoms with Crippen LogP contribution < -0.4 is 15.4 Å². The molecule has 1 aliphatic rings. The molecular formula is C29H34F4N6O3. The van der Waals surface area contributed by atoms with E-state index in [-0.39, 0.29) is 18.2 Å². The number of benzene rings is 1. The lowest BCUT2D eigenvalue weighted by molar-refractivity contribution is -0.139. The number of rotatable bonds is 15. The second-order valence-electron chi connectivity index (χ2n) is 10.1. The van der Waals surface area contributed by atoms with Gasteiger partial charge in [0.2, 0.25) is 5.95 Å². The van der Waals surface area contributed by atoms with Crippen LogP contribution in [0.5, 0.6) is 5.75 Å². The normalized spacial score (nSPS) is 13.7. The zero-order chi connectivity index (χ0) is 30.0. The lowest BCUT2D eigenvalue weighted by atomic mass is 10.1. The second kappa shape index (κ2) is 14.8. The highest BCUT2D eigenvalue weighted by Gasteiger charge is 2.31. The molecular weight excluding hydrogens is 556 g/mol. The van der Waals surface area contributed by atoms with E-state index < -0.39 is 23.8 Å². The van der Waals surface area contributed by atoms with Crippen molar-refractivity contribution in [2.24, 2.45) is 0 Å². The number of aryl methyl sites for hydroxylation is 2. The first-order valence-corrected chi connectivity index (χ1v) is 13.9. The monoisotopic (exact) mass is 590 g/mol. The molecule has 3 N–H and O–H groups in total. The third-order valence-corrected chi connectivity index (χ3v) is 6.91. The van der Waals surface area contributed by atoms with E-state index in [0.29, 0.717) is 44.4 Å². The Hall–Kier alpha value is -4.00. The zero-order valence-corrected chi connectivity index (χ0v) is 23.0. The van der Waals surface area contributed by atoms with E-state index >= 15 is 0 Å². The van der Waals surface area contributed by atoms with Gasteiger partial charge in [-0.2, -0.15) is 13.2 Å². The van der Waals surface area contributed by atoms with Crippen molar-refractivity contribution in [3.05, 3.63) is 71.4 Å². The Morgan fingerprint density at radius 1 is 1.07 bits per heavy atom. The molecule has 226 valence electrons. The van der Waals surface area contributed by atoms with Gasteiger partial charge in [0.1, 0.15) is 30.0 Å². The Morgan fingerprint density at radius 2 is 1.83 bits per heavy atom. The first kappa shape index (κ1) is 30.9. The summed E-state index contributed by atoms with van der Waals surface area (Å²) in [6.07, 6.45) is 1.42. The molecule has 13 heteroatoms. The van der Waals surface area contributed by atoms with Crippen LogP contribution in [0.4, 0.5) is 29.3 Å². The highest BCUT2D eigenvalue weighted by Crippen LogP contribution is 2.28. The largest absolute Gasteiger partial charge is 0.492 e. The van der Waals surface area contributed by atoms with Crippen LogP contribution in [0.3, 0.4) is 0 Å². The quantitative estimate of drug-likeness (QED) is 0.165. The van der Waals surface area contributed by atoms with Crippen LogP contribution in [-0.2, 0) is 23.8 Å². The molecule has 1 unspecified atom stereocenters. The predicted octanol–water partition coefficient (Wildman–Crippen LogP) is 5.05. The molecule has 42 heavy (non-hydrogen) atoms. The molecule has 0 saturated carbocycles. The van der Waals surface area contributed by atoms with Crippen LogP contribution in [0.25, 0.3) is 0 Å². The van der Waals surface area contributed by atoms with E-state index in [1.54, 1.807) is 0 Å². The van der Waals surface area contributed by atoms with Crippen molar-refractivity contribution in [2.75, 3.05) is 43.4 Å². The van der Waals surface area contributed by atoms with E-state index in [9.17, 15) is 27.5 Å². The van der Waals surface area contributed by atoms with E-state index in [1.807, 2.05) is 0 Å². The summed E-state index contributed by atoms with van der Waals surface area (Å²) in [5, 5.41) is 15.7. The number of ether oxygens (including phenoxy) is 1. The van der Waals surface area contributed by atoms with Gasteiger partial charge >= 0.3 is 12.1 Å². The maximum atomic E-state index is 13.2. The van der Waals surface area contributed by atoms with Crippen LogP contribution in [0.1, 0.15) is 42.5 Å². The number of anilines is 2. The van der Waals surface area contributed by atoms with Crippen LogP contribution in [0.2, 0.25) is 0 Å². The number of aliphatic carboxylic acids is 1. The fraction of sp³-hybridized carbons (Fsp3) is 0.448. The number of fused-ring (bicyclic) bond motifs is 1. The van der Waals surface area contributed by atoms with Gasteiger partial charge in [0, 0.05) is 37.7 Å². The Kier molecular flexibility index (Phi) is 10.9. The van der Waals surface area contributed by atoms with Crippen LogP contribution in [-0.4, -0.2) is 69.8 Å². The van der Waals surface area contributed by atoms with Gasteiger partial charge in [-0.1, -0.05) is 6.07 Å². The molecule has 0 saturated heterocycles. The highest BCUT2D eigenvalue weighted by atomic mass is 19.4. The fourth-order valence-corrected chi connectivity index (χ4v) is 4.58. The van der Waals surface area contributed by atoms with Crippen molar-refractivity contribution in [1.82, 2.24) is 19.9 Å². The number of nitrogens with one attached hydrogen (secondary N) is 2. The molecule has 3 aromatic rings. The first-order valence-electron chi connectivity index (χ1n) is 13.9. The number of unbranched alkanes of at least 4 members (excludes halogenated alkanes) is 1. The van der Waals surface area contributed by atoms with Gasteiger partial charge in [-0.15, -0.1) is 0 Å². The van der Waals surface area contributed by atoms with Gasteiger partial charge in [-0.3, -0.25) is 4.90 Å². The standard InChI is InChI=1S/C29H34F4N6O3/c30-22-7-10-24(11-8-22)42-17-16-39(14-2-1-5-23-9-6-20-4-3-13-34-26(20)37-23)15-12-25(27(40)41)38-28-35-18-21(19-36-28)29(31,32)33/h6-11,18-19,25H,1-5,12-17H2,(H,34,37)(H,40,41)(H,35,36,38). The molecule has 4 rings (SSSR count). The number of hydrogen-bond donors (Lipinski definition) is 3. The molecule has 1 atom stereocenters. The smallest absolute Gasteiger partial charge is 0.419 e. The van der Waals surface area contributed by atoms with Crippen molar-refractivity contribution in [3.8, 4) is 5.75 Å². The van der Waals surface area contributed by atoms with Gasteiger partial charge < -0.3 is 20.5 Å². The summed E-state index contributed by atoms with van der Waals surface area (Å²) in [7, 11) is 0. The molecule has 1 aromatic carbocycles. The number of carbonyl (C=O) groups is 1. The van der Waals surface area contributed by atoms with E-state index in [4.69, 9.17) is 9.72 Å². The maximum absolute atomic E-state index is 13.2. The zero-order valence-electron chi connectivity index (χ0n) is 23.0. The van der Waals surface area contributed by atoms with Crippen molar-refractivity contribution in [2.45, 2.75) is 50.7 Å². The minimum Gasteiger partial charge on any atom is -0.492 e. The van der Waals surface area contributed by atoms with Crippen LogP contribution >= 0.6 is 0 Å². The Bertz CT molecular complexity index is 1290. The number of alkyl halides is 3. The summed E-state index contributed by atoms with van der Waals surface area (Å²) >= 11 is 0. The van der Waals surface area contributed by atoms with Crippen molar-refractivity contribution < 1.29 is 32.2 Å². The van der Waals surface area contributed by atoms with Crippen molar-refractivity contribution in [3.63, 3.8) is 0 Å². The number of carboxylic acids is 1. The highest BCUT2D eigenvalue weighted by molar-refractivity contribution is 5.76. The predicted molar refractivity (Wildman–Crippen MR) is 149 cm³/mol. The number of pyridine rings is 1. The Balaban J connectivity index is 1.31. The average molecular weight is 591 g/mol. The lowest BCUT2D eigenvalue weighted by Crippen LogP contribution is -2.37. The topological polar surface area (TPSA) is 112 Å². The SMILES string of the molecule is O=C(O)C(CCN(CCCCc1ccc2c(n1)NCCC2)CCOc1ccc(F)cc1)Nc1ncc(C(F)(F)F)cn1. The number of carboxylic acid groups (broad SMARTS) is 1. The third-order valence-electron chi connectivity index (χ3n) is 6.91. The van der Waals surface area contributed by atoms with Gasteiger partial charge in [0.05, 0.1) is 5.56 Å². The van der Waals surface area contributed by atoms with Gasteiger partial charge in [0.15, 0.2) is 0 Å². The molecule has 0 radical (unpaired) electrons. The van der Waals surface area contributed by atoms with Gasteiger partial charge in [-0.05, 0) is 81.0 Å². The van der Waals surface area contributed by atoms with Gasteiger partial charge in [0.25, 0.3) is 0 Å². The summed E-state index contributed by atoms with van der Waals surface area (Å²) < 4.78 is 57.4. The number of aromatic nitrogens is 3. The summed E-state index contributed by atoms with van der Waals surface area (Å²) in [5.74, 6) is -0.255. The molecule has 0 bridgehead atoms. The summed E-state index contributed by atoms with van der Waals surface area (Å²) in [6.45, 7) is 2.76. The average Bonchev–Trinajstić information content (AvgIpc) is 2.97. The molecule has 0 amide bonds. The fourth-order valence-electron chi connectivity index (χ4n) is 4.58. The van der Waals surface area contributed by atoms with E-state index in [1.165, 1.54) is 29.8 Å². The molecule has 0 spiro atoms. The maximum Gasteiger partial charge on any atom is 0.419 e. The van der Waals surface area contributed by atoms with Crippen molar-refractivity contribution >= 4 is 17.7 Å². The molecule has 2 aromatic heterocycles. The second-order valence-corrected chi connectivity index (χ2v) is 10.1. The minimum atomic E-state index is -4.59. The Morgan fingerprint density at radius 3 is 2.55 bits per heavy atom. The molecule has 1 aliphatic heterocycles. The molecule has 0 aliphatic carbocycles. The van der Waals surface area contributed by atoms with Crippen molar-refractivity contribution in [1.29, 1.82) is 0 Å². The number of hydrogen-bond acceptors (Lipinski definition) is 8. The first-order chi connectivity index (χ1) is 20.2. The molecule has 0 fully saturated rings. The molecule has 9 nitrogen and oxygen atoms in total. The minimum absolute atomic E-state index is 0.147. The number of halogens is 4. The Labute approximate surface area is 241 Å².